The fourth-order valence-electron chi connectivity index (χ4n) is 3.14. The summed E-state index contributed by atoms with van der Waals surface area (Å²) in [5.74, 6) is -2.63. The summed E-state index contributed by atoms with van der Waals surface area (Å²) in [7, 11) is 0. The first-order valence-electron chi connectivity index (χ1n) is 10.1. The SMILES string of the molecule is NCCCCCCNC(=O)C(F)c1ccccc1O[C@H]1O[C@H](C(=O)O)[C@@H](O)[C@H](O)[C@H]1O. The molecule has 10 nitrogen and oxygen atoms in total. The van der Waals surface area contributed by atoms with Gasteiger partial charge in [0.25, 0.3) is 5.91 Å². The minimum Gasteiger partial charge on any atom is -0.479 e. The van der Waals surface area contributed by atoms with Crippen LogP contribution in [0.5, 0.6) is 5.75 Å². The number of nitrogens with two attached hydrogens (primary N) is 1. The smallest absolute Gasteiger partial charge is 0.335 e. The van der Waals surface area contributed by atoms with Crippen LogP contribution in [-0.2, 0) is 14.3 Å². The first kappa shape index (κ1) is 25.0. The molecule has 11 heteroatoms. The molecular formula is C20H29FN2O8. The van der Waals surface area contributed by atoms with Crippen LogP contribution in [0.25, 0.3) is 0 Å². The van der Waals surface area contributed by atoms with E-state index >= 15 is 0 Å². The maximum atomic E-state index is 14.8. The van der Waals surface area contributed by atoms with Crippen molar-refractivity contribution in [1.29, 1.82) is 0 Å². The monoisotopic (exact) mass is 444 g/mol. The van der Waals surface area contributed by atoms with Gasteiger partial charge >= 0.3 is 5.97 Å². The Morgan fingerprint density at radius 1 is 1.10 bits per heavy atom. The number of amides is 1. The summed E-state index contributed by atoms with van der Waals surface area (Å²) < 4.78 is 25.3. The normalized spacial score (nSPS) is 26.8. The van der Waals surface area contributed by atoms with Crippen molar-refractivity contribution in [2.24, 2.45) is 5.73 Å². The van der Waals surface area contributed by atoms with Gasteiger partial charge in [-0.2, -0.15) is 0 Å². The van der Waals surface area contributed by atoms with Gasteiger partial charge in [0.05, 0.1) is 0 Å². The molecule has 1 fully saturated rings. The van der Waals surface area contributed by atoms with Crippen LogP contribution in [0.4, 0.5) is 4.39 Å². The minimum atomic E-state index is -2.09. The van der Waals surface area contributed by atoms with Gasteiger partial charge in [-0.25, -0.2) is 9.18 Å². The number of carboxylic acid groups (broad SMARTS) is 1. The lowest BCUT2D eigenvalue weighted by Crippen LogP contribution is -2.61. The molecule has 6 atom stereocenters. The molecule has 0 aromatic heterocycles. The highest BCUT2D eigenvalue weighted by atomic mass is 19.1. The number of ether oxygens (including phenoxy) is 2. The Kier molecular flexibility index (Phi) is 9.59. The van der Waals surface area contributed by atoms with Crippen LogP contribution >= 0.6 is 0 Å². The van der Waals surface area contributed by atoms with E-state index in [0.717, 1.165) is 19.3 Å². The summed E-state index contributed by atoms with van der Waals surface area (Å²) >= 11 is 0. The summed E-state index contributed by atoms with van der Waals surface area (Å²) in [6, 6.07) is 5.57. The van der Waals surface area contributed by atoms with Crippen molar-refractivity contribution in [2.75, 3.05) is 13.1 Å². The summed E-state index contributed by atoms with van der Waals surface area (Å²) in [6.07, 6.45) is -7.89. The molecule has 174 valence electrons. The Bertz CT molecular complexity index is 737. The number of halogens is 1. The Labute approximate surface area is 178 Å². The Balaban J connectivity index is 2.04. The van der Waals surface area contributed by atoms with Gasteiger partial charge in [0.15, 0.2) is 6.10 Å². The molecule has 1 aromatic rings. The highest BCUT2D eigenvalue weighted by molar-refractivity contribution is 5.82. The number of carbonyl (C=O) groups is 2. The maximum absolute atomic E-state index is 14.8. The number of carbonyl (C=O) groups excluding carboxylic acids is 1. The fraction of sp³-hybridized carbons (Fsp3) is 0.600. The Hall–Kier alpha value is -2.31. The maximum Gasteiger partial charge on any atom is 0.335 e. The van der Waals surface area contributed by atoms with Crippen molar-refractivity contribution in [1.82, 2.24) is 5.32 Å². The minimum absolute atomic E-state index is 0.161. The molecule has 0 saturated carbocycles. The van der Waals surface area contributed by atoms with E-state index in [1.54, 1.807) is 0 Å². The van der Waals surface area contributed by atoms with E-state index in [9.17, 15) is 29.3 Å². The van der Waals surface area contributed by atoms with E-state index in [-0.39, 0.29) is 11.3 Å². The van der Waals surface area contributed by atoms with Crippen LogP contribution in [0.1, 0.15) is 37.4 Å². The number of para-hydroxylation sites is 1. The van der Waals surface area contributed by atoms with E-state index in [4.69, 9.17) is 20.3 Å². The van der Waals surface area contributed by atoms with Gasteiger partial charge in [-0.3, -0.25) is 4.79 Å². The van der Waals surface area contributed by atoms with E-state index in [0.29, 0.717) is 19.5 Å². The quantitative estimate of drug-likeness (QED) is 0.248. The fourth-order valence-corrected chi connectivity index (χ4v) is 3.14. The van der Waals surface area contributed by atoms with Crippen molar-refractivity contribution in [3.05, 3.63) is 29.8 Å². The molecule has 0 aliphatic carbocycles. The first-order chi connectivity index (χ1) is 14.8. The van der Waals surface area contributed by atoms with Gasteiger partial charge in [-0.05, 0) is 25.5 Å². The highest BCUT2D eigenvalue weighted by Crippen LogP contribution is 2.31. The highest BCUT2D eigenvalue weighted by Gasteiger charge is 2.48. The molecule has 1 aliphatic rings. The molecule has 1 aliphatic heterocycles. The zero-order chi connectivity index (χ0) is 23.0. The Morgan fingerprint density at radius 3 is 2.45 bits per heavy atom. The zero-order valence-corrected chi connectivity index (χ0v) is 16.9. The molecule has 0 bridgehead atoms. The second-order valence-corrected chi connectivity index (χ2v) is 7.25. The second kappa shape index (κ2) is 11.9. The lowest BCUT2D eigenvalue weighted by Gasteiger charge is -2.38. The van der Waals surface area contributed by atoms with Gasteiger partial charge in [0.2, 0.25) is 12.5 Å². The molecule has 0 spiro atoms. The second-order valence-electron chi connectivity index (χ2n) is 7.25. The molecule has 1 unspecified atom stereocenters. The molecule has 1 amide bonds. The number of aliphatic hydroxyl groups is 3. The van der Waals surface area contributed by atoms with E-state index in [2.05, 4.69) is 5.32 Å². The number of unbranched alkanes of at least 4 members (excludes halogenated alkanes) is 3. The third-order valence-corrected chi connectivity index (χ3v) is 4.91. The van der Waals surface area contributed by atoms with Crippen LogP contribution in [0.3, 0.4) is 0 Å². The molecule has 1 saturated heterocycles. The number of carboxylic acids is 1. The molecular weight excluding hydrogens is 415 g/mol. The van der Waals surface area contributed by atoms with Gasteiger partial charge < -0.3 is 41.0 Å². The van der Waals surface area contributed by atoms with Crippen molar-refractivity contribution in [2.45, 2.75) is 62.6 Å². The summed E-state index contributed by atoms with van der Waals surface area (Å²) in [4.78, 5) is 23.4. The zero-order valence-electron chi connectivity index (χ0n) is 16.9. The molecule has 0 radical (unpaired) electrons. The molecule has 1 heterocycles. The third-order valence-electron chi connectivity index (χ3n) is 4.91. The Morgan fingerprint density at radius 2 is 1.77 bits per heavy atom. The summed E-state index contributed by atoms with van der Waals surface area (Å²) in [5, 5.41) is 41.3. The average Bonchev–Trinajstić information content (AvgIpc) is 2.76. The van der Waals surface area contributed by atoms with Crippen molar-refractivity contribution in [3.63, 3.8) is 0 Å². The number of hydrogen-bond acceptors (Lipinski definition) is 8. The number of aliphatic carboxylic acids is 1. The predicted octanol–water partition coefficient (Wildman–Crippen LogP) is -0.396. The van der Waals surface area contributed by atoms with Crippen LogP contribution in [0.2, 0.25) is 0 Å². The molecule has 2 rings (SSSR count). The third kappa shape index (κ3) is 6.58. The molecule has 7 N–H and O–H groups in total. The number of nitrogens with one attached hydrogen (secondary N) is 1. The van der Waals surface area contributed by atoms with Gasteiger partial charge in [0, 0.05) is 12.1 Å². The van der Waals surface area contributed by atoms with Gasteiger partial charge in [0.1, 0.15) is 24.1 Å². The van der Waals surface area contributed by atoms with Crippen molar-refractivity contribution in [3.8, 4) is 5.75 Å². The standard InChI is InChI=1S/C20H29FN2O8/c21-13(18(27)23-10-6-2-1-5-9-22)11-7-3-4-8-12(11)30-20-16(26)14(24)15(25)17(31-20)19(28)29/h3-4,7-8,13-17,20,24-26H,1-2,5-6,9-10,22H2,(H,23,27)(H,28,29)/t13?,14-,15-,16+,17-,20-/m0/s1. The van der Waals surface area contributed by atoms with E-state index < -0.39 is 48.8 Å². The predicted molar refractivity (Wildman–Crippen MR) is 106 cm³/mol. The molecule has 31 heavy (non-hydrogen) atoms. The van der Waals surface area contributed by atoms with Gasteiger partial charge in [-0.15, -0.1) is 0 Å². The average molecular weight is 444 g/mol. The van der Waals surface area contributed by atoms with Crippen molar-refractivity contribution < 1.29 is 43.9 Å². The first-order valence-corrected chi connectivity index (χ1v) is 10.1. The van der Waals surface area contributed by atoms with Crippen LogP contribution in [0, 0.1) is 0 Å². The summed E-state index contributed by atoms with van der Waals surface area (Å²) in [6.45, 7) is 0.889. The lowest BCUT2D eigenvalue weighted by molar-refractivity contribution is -0.271. The van der Waals surface area contributed by atoms with E-state index in [1.165, 1.54) is 24.3 Å². The van der Waals surface area contributed by atoms with Gasteiger partial charge in [-0.1, -0.05) is 31.0 Å². The number of aliphatic hydroxyl groups excluding tert-OH is 3. The number of rotatable bonds is 11. The number of alkyl halides is 1. The number of hydrogen-bond donors (Lipinski definition) is 6. The van der Waals surface area contributed by atoms with E-state index in [1.807, 2.05) is 0 Å². The summed E-state index contributed by atoms with van der Waals surface area (Å²) in [5.41, 5.74) is 5.25. The van der Waals surface area contributed by atoms with Crippen LogP contribution < -0.4 is 15.8 Å². The topological polar surface area (TPSA) is 172 Å². The number of benzene rings is 1. The lowest BCUT2D eigenvalue weighted by atomic mass is 9.99. The van der Waals surface area contributed by atoms with Crippen molar-refractivity contribution >= 4 is 11.9 Å². The largest absolute Gasteiger partial charge is 0.479 e. The van der Waals surface area contributed by atoms with Crippen LogP contribution in [0.15, 0.2) is 24.3 Å². The molecule has 1 aromatic carbocycles. The van der Waals surface area contributed by atoms with Crippen LogP contribution in [-0.4, -0.2) is 76.1 Å².